The second-order valence-electron chi connectivity index (χ2n) is 5.09. The number of carbonyl (C=O) groups is 1. The van der Waals surface area contributed by atoms with Gasteiger partial charge < -0.3 is 14.7 Å². The van der Waals surface area contributed by atoms with E-state index in [9.17, 15) is 9.90 Å². The molecule has 2 unspecified atom stereocenters. The van der Waals surface area contributed by atoms with Crippen molar-refractivity contribution in [2.24, 2.45) is 0 Å². The smallest absolute Gasteiger partial charge is 0.254 e. The van der Waals surface area contributed by atoms with Gasteiger partial charge in [0.25, 0.3) is 5.91 Å². The molecule has 19 heavy (non-hydrogen) atoms. The highest BCUT2D eigenvalue weighted by Gasteiger charge is 2.33. The second kappa shape index (κ2) is 5.51. The molecule has 4 heteroatoms. The van der Waals surface area contributed by atoms with Crippen LogP contribution in [0.4, 0.5) is 0 Å². The first-order chi connectivity index (χ1) is 9.08. The lowest BCUT2D eigenvalue weighted by atomic mass is 10.1. The van der Waals surface area contributed by atoms with Crippen LogP contribution in [0.25, 0.3) is 0 Å². The van der Waals surface area contributed by atoms with Crippen LogP contribution in [0.2, 0.25) is 0 Å². The van der Waals surface area contributed by atoms with Crippen LogP contribution < -0.4 is 4.74 Å². The van der Waals surface area contributed by atoms with E-state index in [2.05, 4.69) is 13.8 Å². The fourth-order valence-electron chi connectivity index (χ4n) is 2.81. The van der Waals surface area contributed by atoms with E-state index in [4.69, 9.17) is 4.74 Å². The fraction of sp³-hybridized carbons (Fsp3) is 0.533. The molecular weight excluding hydrogens is 242 g/mol. The van der Waals surface area contributed by atoms with Crippen LogP contribution in [-0.2, 0) is 0 Å². The summed E-state index contributed by atoms with van der Waals surface area (Å²) >= 11 is 0. The molecule has 1 fully saturated rings. The van der Waals surface area contributed by atoms with Gasteiger partial charge in [-0.25, -0.2) is 0 Å². The maximum Gasteiger partial charge on any atom is 0.254 e. The topological polar surface area (TPSA) is 49.8 Å². The SMILES string of the molecule is CCC1CCC(C)N1C(=O)c1ccc(OC)c(O)c1. The summed E-state index contributed by atoms with van der Waals surface area (Å²) in [6, 6.07) is 5.40. The number of phenols is 1. The van der Waals surface area contributed by atoms with Gasteiger partial charge in [0.15, 0.2) is 11.5 Å². The van der Waals surface area contributed by atoms with E-state index >= 15 is 0 Å². The number of methoxy groups -OCH3 is 1. The number of ether oxygens (including phenoxy) is 1. The van der Waals surface area contributed by atoms with Gasteiger partial charge in [-0.3, -0.25) is 4.79 Å². The summed E-state index contributed by atoms with van der Waals surface area (Å²) in [4.78, 5) is 14.5. The Hall–Kier alpha value is -1.71. The van der Waals surface area contributed by atoms with Crippen molar-refractivity contribution in [3.05, 3.63) is 23.8 Å². The molecule has 104 valence electrons. The summed E-state index contributed by atoms with van der Waals surface area (Å²) in [5.74, 6) is 0.390. The maximum atomic E-state index is 12.6. The summed E-state index contributed by atoms with van der Waals surface area (Å²) in [6.45, 7) is 4.19. The highest BCUT2D eigenvalue weighted by Crippen LogP contribution is 2.31. The predicted octanol–water partition coefficient (Wildman–Crippen LogP) is 2.80. The highest BCUT2D eigenvalue weighted by molar-refractivity contribution is 5.95. The molecule has 0 saturated carbocycles. The molecule has 1 N–H and O–H groups in total. The molecule has 1 aromatic rings. The van der Waals surface area contributed by atoms with E-state index in [1.807, 2.05) is 4.90 Å². The number of phenolic OH excluding ortho intramolecular Hbond substituents is 1. The number of rotatable bonds is 3. The molecule has 1 saturated heterocycles. The normalized spacial score (nSPS) is 22.6. The van der Waals surface area contributed by atoms with Crippen molar-refractivity contribution in [3.63, 3.8) is 0 Å². The molecule has 0 bridgehead atoms. The highest BCUT2D eigenvalue weighted by atomic mass is 16.5. The van der Waals surface area contributed by atoms with Gasteiger partial charge >= 0.3 is 0 Å². The van der Waals surface area contributed by atoms with E-state index in [0.717, 1.165) is 19.3 Å². The first-order valence-corrected chi connectivity index (χ1v) is 6.78. The number of aromatic hydroxyl groups is 1. The molecule has 1 heterocycles. The Kier molecular flexibility index (Phi) is 3.98. The fourth-order valence-corrected chi connectivity index (χ4v) is 2.81. The van der Waals surface area contributed by atoms with E-state index in [-0.39, 0.29) is 17.7 Å². The summed E-state index contributed by atoms with van der Waals surface area (Å²) in [7, 11) is 1.49. The number of likely N-dealkylation sites (tertiary alicyclic amines) is 1. The van der Waals surface area contributed by atoms with Crippen molar-refractivity contribution < 1.29 is 14.6 Å². The second-order valence-corrected chi connectivity index (χ2v) is 5.09. The molecule has 2 rings (SSSR count). The number of carbonyl (C=O) groups excluding carboxylic acids is 1. The van der Waals surface area contributed by atoms with Crippen molar-refractivity contribution in [1.29, 1.82) is 0 Å². The van der Waals surface area contributed by atoms with Gasteiger partial charge in [-0.2, -0.15) is 0 Å². The number of hydrogen-bond acceptors (Lipinski definition) is 3. The molecule has 0 spiro atoms. The van der Waals surface area contributed by atoms with E-state index in [1.165, 1.54) is 13.2 Å². The van der Waals surface area contributed by atoms with Crippen molar-refractivity contribution in [2.75, 3.05) is 7.11 Å². The van der Waals surface area contributed by atoms with Crippen LogP contribution in [0.1, 0.15) is 43.5 Å². The third kappa shape index (κ3) is 2.53. The molecular formula is C15H21NO3. The first-order valence-electron chi connectivity index (χ1n) is 6.78. The average Bonchev–Trinajstić information content (AvgIpc) is 2.78. The number of amides is 1. The van der Waals surface area contributed by atoms with Crippen LogP contribution in [0.5, 0.6) is 11.5 Å². The lowest BCUT2D eigenvalue weighted by Crippen LogP contribution is -2.39. The largest absolute Gasteiger partial charge is 0.504 e. The number of nitrogens with zero attached hydrogens (tertiary/aromatic N) is 1. The van der Waals surface area contributed by atoms with Gasteiger partial charge in [0, 0.05) is 17.6 Å². The van der Waals surface area contributed by atoms with Gasteiger partial charge in [0.2, 0.25) is 0 Å². The Bertz CT molecular complexity index is 472. The molecule has 1 aliphatic rings. The van der Waals surface area contributed by atoms with Crippen LogP contribution in [0.3, 0.4) is 0 Å². The lowest BCUT2D eigenvalue weighted by Gasteiger charge is -2.28. The van der Waals surface area contributed by atoms with Crippen molar-refractivity contribution in [2.45, 2.75) is 45.2 Å². The van der Waals surface area contributed by atoms with E-state index < -0.39 is 0 Å². The van der Waals surface area contributed by atoms with E-state index in [1.54, 1.807) is 12.1 Å². The third-order valence-electron chi connectivity index (χ3n) is 3.92. The Morgan fingerprint density at radius 2 is 2.21 bits per heavy atom. The molecule has 4 nitrogen and oxygen atoms in total. The maximum absolute atomic E-state index is 12.6. The van der Waals surface area contributed by atoms with Crippen LogP contribution in [0, 0.1) is 0 Å². The minimum absolute atomic E-state index is 0.00481. The number of benzene rings is 1. The molecule has 0 aromatic heterocycles. The van der Waals surface area contributed by atoms with Gasteiger partial charge in [0.05, 0.1) is 7.11 Å². The molecule has 1 amide bonds. The van der Waals surface area contributed by atoms with Gasteiger partial charge in [-0.15, -0.1) is 0 Å². The zero-order valence-electron chi connectivity index (χ0n) is 11.7. The quantitative estimate of drug-likeness (QED) is 0.912. The van der Waals surface area contributed by atoms with Crippen LogP contribution in [0.15, 0.2) is 18.2 Å². The predicted molar refractivity (Wildman–Crippen MR) is 73.6 cm³/mol. The first kappa shape index (κ1) is 13.7. The Labute approximate surface area is 114 Å². The standard InChI is InChI=1S/C15H21NO3/c1-4-12-7-5-10(2)16(12)15(18)11-6-8-14(19-3)13(17)9-11/h6,8-10,12,17H,4-5,7H2,1-3H3. The molecule has 0 aliphatic carbocycles. The van der Waals surface area contributed by atoms with Crippen LogP contribution >= 0.6 is 0 Å². The zero-order valence-corrected chi connectivity index (χ0v) is 11.7. The van der Waals surface area contributed by atoms with Gasteiger partial charge in [0.1, 0.15) is 0 Å². The van der Waals surface area contributed by atoms with Gasteiger partial charge in [-0.05, 0) is 44.4 Å². The Morgan fingerprint density at radius 3 is 2.79 bits per heavy atom. The Morgan fingerprint density at radius 1 is 1.47 bits per heavy atom. The molecule has 0 radical (unpaired) electrons. The van der Waals surface area contributed by atoms with Crippen LogP contribution in [-0.4, -0.2) is 35.1 Å². The summed E-state index contributed by atoms with van der Waals surface area (Å²) in [5, 5.41) is 9.78. The Balaban J connectivity index is 2.26. The summed E-state index contributed by atoms with van der Waals surface area (Å²) in [6.07, 6.45) is 3.08. The minimum atomic E-state index is -0.00481. The van der Waals surface area contributed by atoms with Gasteiger partial charge in [-0.1, -0.05) is 6.92 Å². The summed E-state index contributed by atoms with van der Waals surface area (Å²) < 4.78 is 4.99. The lowest BCUT2D eigenvalue weighted by molar-refractivity contribution is 0.0676. The minimum Gasteiger partial charge on any atom is -0.504 e. The average molecular weight is 263 g/mol. The van der Waals surface area contributed by atoms with Crippen molar-refractivity contribution in [1.82, 2.24) is 4.90 Å². The van der Waals surface area contributed by atoms with Crippen molar-refractivity contribution in [3.8, 4) is 11.5 Å². The zero-order chi connectivity index (χ0) is 14.0. The van der Waals surface area contributed by atoms with Crippen molar-refractivity contribution >= 4 is 5.91 Å². The van der Waals surface area contributed by atoms with E-state index in [0.29, 0.717) is 17.4 Å². The number of hydrogen-bond donors (Lipinski definition) is 1. The summed E-state index contributed by atoms with van der Waals surface area (Å²) in [5.41, 5.74) is 0.519. The third-order valence-corrected chi connectivity index (χ3v) is 3.92. The molecule has 1 aliphatic heterocycles. The molecule has 1 aromatic carbocycles. The molecule has 2 atom stereocenters. The monoisotopic (exact) mass is 263 g/mol.